The molecule has 0 aliphatic carbocycles. The van der Waals surface area contributed by atoms with Gasteiger partial charge in [0.2, 0.25) is 11.4 Å². The molecule has 3 rings (SSSR count). The Morgan fingerprint density at radius 1 is 0.575 bits per heavy atom. The van der Waals surface area contributed by atoms with Crippen LogP contribution in [0.5, 0.6) is 0 Å². The van der Waals surface area contributed by atoms with Crippen molar-refractivity contribution < 1.29 is 4.70 Å². The van der Waals surface area contributed by atoms with Crippen molar-refractivity contribution in [2.75, 3.05) is 0 Å². The van der Waals surface area contributed by atoms with Crippen LogP contribution in [0.3, 0.4) is 0 Å². The lowest BCUT2D eigenvalue weighted by atomic mass is 9.91. The first-order valence-electron chi connectivity index (χ1n) is 16.1. The third kappa shape index (κ3) is 9.51. The van der Waals surface area contributed by atoms with E-state index in [0.717, 1.165) is 55.5 Å². The van der Waals surface area contributed by atoms with E-state index in [2.05, 4.69) is 102 Å². The maximum absolute atomic E-state index is 12.0. The molecule has 0 unspecified atom stereocenters. The van der Waals surface area contributed by atoms with Crippen molar-refractivity contribution in [3.8, 4) is 0 Å². The van der Waals surface area contributed by atoms with Crippen LogP contribution >= 0.6 is 0 Å². The van der Waals surface area contributed by atoms with Gasteiger partial charge in [0.05, 0.1) is 0 Å². The molecule has 1 aliphatic heterocycles. The van der Waals surface area contributed by atoms with E-state index in [1.165, 1.54) is 65.6 Å². The van der Waals surface area contributed by atoms with Crippen molar-refractivity contribution in [3.63, 3.8) is 0 Å². The molecule has 2 aromatic carbocycles. The minimum Gasteiger partial charge on any atom is -0.493 e. The molecule has 2 aromatic rings. The molecule has 0 fully saturated rings. The van der Waals surface area contributed by atoms with Crippen molar-refractivity contribution in [2.24, 2.45) is 0 Å². The highest BCUT2D eigenvalue weighted by atomic mass is 28.3. The van der Waals surface area contributed by atoms with Crippen molar-refractivity contribution in [1.29, 1.82) is 0 Å². The van der Waals surface area contributed by atoms with Crippen LogP contribution < -0.4 is 0 Å². The molecule has 0 bridgehead atoms. The lowest BCUT2D eigenvalue weighted by Crippen LogP contribution is -2.19. The third-order valence-electron chi connectivity index (χ3n) is 8.15. The van der Waals surface area contributed by atoms with E-state index >= 15 is 0 Å². The van der Waals surface area contributed by atoms with Gasteiger partial charge in [-0.05, 0) is 73.9 Å². The highest BCUT2D eigenvalue weighted by Crippen LogP contribution is 2.44. The predicted molar refractivity (Wildman–Crippen MR) is 182 cm³/mol. The summed E-state index contributed by atoms with van der Waals surface area (Å²) in [5.74, 6) is 0. The Labute approximate surface area is 248 Å². The molecule has 0 aromatic heterocycles. The molecule has 0 atom stereocenters. The second kappa shape index (κ2) is 14.7. The highest BCUT2D eigenvalue weighted by Gasteiger charge is 2.35. The summed E-state index contributed by atoms with van der Waals surface area (Å²) < 4.78 is 1.58. The number of nitrogens with zero attached hydrogens (tertiary/aromatic N) is 2. The first kappa shape index (κ1) is 32.5. The molecular formula is C36H56N2Si2. The van der Waals surface area contributed by atoms with E-state index < -0.39 is 16.1 Å². The third-order valence-corrected chi connectivity index (χ3v) is 11.6. The Balaban J connectivity index is 2.07. The summed E-state index contributed by atoms with van der Waals surface area (Å²) in [7, 11) is -2.25. The molecule has 0 amide bonds. The molecule has 0 spiro atoms. The van der Waals surface area contributed by atoms with Crippen LogP contribution in [0, 0.1) is 0 Å². The first-order valence-corrected chi connectivity index (χ1v) is 23.5. The van der Waals surface area contributed by atoms with Gasteiger partial charge in [0.15, 0.2) is 0 Å². The maximum Gasteiger partial charge on any atom is 0.211 e. The van der Waals surface area contributed by atoms with Gasteiger partial charge in [-0.1, -0.05) is 115 Å². The standard InChI is InChI=1S/C36H56N2Si2/c1-9-11-13-14-22-34-33(21-12-10-2)35(31-19-15-17-29(27-31)23-25-39(3,4)5)38(37)36(34)32-20-16-18-30(28-32)24-26-40(6,7)8/h15-20,27-28H,9-14,21-26H2,1-8H3. The van der Waals surface area contributed by atoms with Crippen molar-refractivity contribution in [2.45, 2.75) is 129 Å². The fraction of sp³-hybridized carbons (Fsp3) is 0.556. The summed E-state index contributed by atoms with van der Waals surface area (Å²) in [4.78, 5) is 0. The van der Waals surface area contributed by atoms with Gasteiger partial charge in [-0.15, -0.1) is 0 Å². The lowest BCUT2D eigenvalue weighted by Gasteiger charge is -2.16. The molecule has 0 N–H and O–H groups in total. The van der Waals surface area contributed by atoms with Crippen LogP contribution in [0.4, 0.5) is 0 Å². The minimum absolute atomic E-state index is 1.02. The Hall–Kier alpha value is -2.05. The van der Waals surface area contributed by atoms with Gasteiger partial charge in [0.1, 0.15) is 0 Å². The van der Waals surface area contributed by atoms with Gasteiger partial charge in [-0.2, -0.15) is 0 Å². The van der Waals surface area contributed by atoms with Gasteiger partial charge in [-0.3, -0.25) is 0 Å². The molecule has 1 heterocycles. The lowest BCUT2D eigenvalue weighted by molar-refractivity contribution is -0.345. The predicted octanol–water partition coefficient (Wildman–Crippen LogP) is 11.8. The fourth-order valence-electron chi connectivity index (χ4n) is 5.65. The van der Waals surface area contributed by atoms with Crippen molar-refractivity contribution in [1.82, 2.24) is 0 Å². The van der Waals surface area contributed by atoms with Gasteiger partial charge >= 0.3 is 0 Å². The average molecular weight is 573 g/mol. The van der Waals surface area contributed by atoms with Crippen molar-refractivity contribution in [3.05, 3.63) is 87.5 Å². The van der Waals surface area contributed by atoms with Gasteiger partial charge in [0.25, 0.3) is 0 Å². The zero-order valence-corrected chi connectivity index (χ0v) is 29.0. The zero-order chi connectivity index (χ0) is 29.3. The normalized spacial score (nSPS) is 14.6. The number of benzene rings is 2. The van der Waals surface area contributed by atoms with Crippen LogP contribution in [0.1, 0.15) is 87.5 Å². The molecule has 0 saturated carbocycles. The zero-order valence-electron chi connectivity index (χ0n) is 27.0. The highest BCUT2D eigenvalue weighted by molar-refractivity contribution is 6.76. The minimum atomic E-state index is -1.12. The second-order valence-corrected chi connectivity index (χ2v) is 25.6. The van der Waals surface area contributed by atoms with Crippen LogP contribution in [0.25, 0.3) is 16.9 Å². The number of hydrogen-bond acceptors (Lipinski definition) is 0. The molecule has 40 heavy (non-hydrogen) atoms. The van der Waals surface area contributed by atoms with E-state index in [0.29, 0.717) is 0 Å². The average Bonchev–Trinajstić information content (AvgIpc) is 3.17. The Bertz CT molecular complexity index is 1210. The Kier molecular flexibility index (Phi) is 12.0. The molecule has 1 aliphatic rings. The number of allylic oxidation sites excluding steroid dienone is 2. The summed E-state index contributed by atoms with van der Waals surface area (Å²) in [5, 5.41) is 0. The number of aryl methyl sites for hydroxylation is 2. The van der Waals surface area contributed by atoms with E-state index in [4.69, 9.17) is 0 Å². The largest absolute Gasteiger partial charge is 0.493 e. The molecule has 4 heteroatoms. The molecule has 0 saturated heterocycles. The van der Waals surface area contributed by atoms with Crippen LogP contribution in [-0.2, 0) is 12.8 Å². The van der Waals surface area contributed by atoms with E-state index in [-0.39, 0.29) is 0 Å². The first-order chi connectivity index (χ1) is 18.9. The monoisotopic (exact) mass is 572 g/mol. The van der Waals surface area contributed by atoms with Gasteiger partial charge < -0.3 is 5.53 Å². The second-order valence-electron chi connectivity index (χ2n) is 14.4. The van der Waals surface area contributed by atoms with Gasteiger partial charge in [-0.25, -0.2) is 4.70 Å². The quantitative estimate of drug-likeness (QED) is 0.109. The number of unbranched alkanes of at least 4 members (excludes halogenated alkanes) is 4. The van der Waals surface area contributed by atoms with Crippen LogP contribution in [0.15, 0.2) is 59.7 Å². The summed E-state index contributed by atoms with van der Waals surface area (Å²) in [5.41, 5.74) is 21.9. The van der Waals surface area contributed by atoms with Gasteiger partial charge in [0, 0.05) is 38.4 Å². The van der Waals surface area contributed by atoms with Crippen LogP contribution in [0.2, 0.25) is 51.4 Å². The summed E-state index contributed by atoms with van der Waals surface area (Å²) >= 11 is 0. The molecule has 2 nitrogen and oxygen atoms in total. The number of hydrogen-bond donors (Lipinski definition) is 0. The smallest absolute Gasteiger partial charge is 0.211 e. The molecular weight excluding hydrogens is 517 g/mol. The summed E-state index contributed by atoms with van der Waals surface area (Å²) in [6.45, 7) is 19.3. The molecule has 218 valence electrons. The van der Waals surface area contributed by atoms with Crippen molar-refractivity contribution >= 4 is 27.5 Å². The SMILES string of the molecule is CCCCCCC1=C(c2cccc(CC[Si](C)(C)C)c2)[N+](=[N-])C(c2cccc(CC[Si](C)(C)C)c2)=C1CCCC. The van der Waals surface area contributed by atoms with E-state index in [1.54, 1.807) is 4.70 Å². The van der Waals surface area contributed by atoms with Crippen LogP contribution in [-0.4, -0.2) is 20.8 Å². The summed E-state index contributed by atoms with van der Waals surface area (Å²) in [6, 6.07) is 20.7. The fourth-order valence-corrected chi connectivity index (χ4v) is 7.73. The maximum atomic E-state index is 12.0. The van der Waals surface area contributed by atoms with E-state index in [9.17, 15) is 5.53 Å². The number of rotatable bonds is 16. The Morgan fingerprint density at radius 3 is 1.45 bits per heavy atom. The Morgan fingerprint density at radius 2 is 1.02 bits per heavy atom. The topological polar surface area (TPSA) is 25.3 Å². The molecule has 0 radical (unpaired) electrons. The summed E-state index contributed by atoms with van der Waals surface area (Å²) in [6.07, 6.45) is 11.5. The van der Waals surface area contributed by atoms with E-state index in [1.807, 2.05) is 0 Å².